The number of rotatable bonds is 3. The summed E-state index contributed by atoms with van der Waals surface area (Å²) < 4.78 is 12.1. The second-order valence-corrected chi connectivity index (χ2v) is 7.35. The van der Waals surface area contributed by atoms with Crippen molar-refractivity contribution < 1.29 is 14.1 Å². The Bertz CT molecular complexity index is 772. The molecule has 1 N–H and O–H groups in total. The number of benzene rings is 1. The van der Waals surface area contributed by atoms with Gasteiger partial charge in [0.1, 0.15) is 0 Å². The van der Waals surface area contributed by atoms with Crippen LogP contribution in [0.25, 0.3) is 0 Å². The topological polar surface area (TPSA) is 60.5 Å². The summed E-state index contributed by atoms with van der Waals surface area (Å²) in [6, 6.07) is 9.25. The van der Waals surface area contributed by atoms with E-state index in [4.69, 9.17) is 9.31 Å². The van der Waals surface area contributed by atoms with Gasteiger partial charge in [0.2, 0.25) is 0 Å². The Hall–Kier alpha value is -2.18. The average Bonchev–Trinajstić information content (AvgIpc) is 2.76. The number of hydrogen-bond acceptors (Lipinski definition) is 4. The predicted octanol–water partition coefficient (Wildman–Crippen LogP) is 2.94. The number of aryl methyl sites for hydroxylation is 1. The van der Waals surface area contributed by atoms with E-state index in [2.05, 4.69) is 10.3 Å². The molecule has 6 heteroatoms. The van der Waals surface area contributed by atoms with Gasteiger partial charge in [-0.25, -0.2) is 0 Å². The molecule has 0 saturated carbocycles. The maximum absolute atomic E-state index is 12.4. The summed E-state index contributed by atoms with van der Waals surface area (Å²) in [6.45, 7) is 9.97. The maximum Gasteiger partial charge on any atom is 0.494 e. The lowest BCUT2D eigenvalue weighted by Gasteiger charge is -2.32. The summed E-state index contributed by atoms with van der Waals surface area (Å²) >= 11 is 0. The number of carbonyl (C=O) groups excluding carboxylic acids is 1. The van der Waals surface area contributed by atoms with Crippen LogP contribution in [0, 0.1) is 6.92 Å². The first kappa shape index (κ1) is 17.6. The fraction of sp³-hybridized carbons (Fsp3) is 0.368. The molecular weight excluding hydrogens is 315 g/mol. The summed E-state index contributed by atoms with van der Waals surface area (Å²) in [5, 5.41) is 2.90. The van der Waals surface area contributed by atoms with Crippen LogP contribution >= 0.6 is 0 Å². The predicted molar refractivity (Wildman–Crippen MR) is 99.1 cm³/mol. The fourth-order valence-electron chi connectivity index (χ4n) is 2.63. The third kappa shape index (κ3) is 3.46. The molecule has 1 aromatic carbocycles. The molecule has 25 heavy (non-hydrogen) atoms. The van der Waals surface area contributed by atoms with Gasteiger partial charge in [0.25, 0.3) is 5.91 Å². The van der Waals surface area contributed by atoms with Crippen LogP contribution in [-0.4, -0.2) is 29.2 Å². The summed E-state index contributed by atoms with van der Waals surface area (Å²) in [5.74, 6) is -0.150. The van der Waals surface area contributed by atoms with Crippen molar-refractivity contribution in [1.29, 1.82) is 0 Å². The molecule has 0 unspecified atom stereocenters. The number of nitrogens with zero attached hydrogens (tertiary/aromatic N) is 1. The van der Waals surface area contributed by atoms with Crippen molar-refractivity contribution >= 4 is 24.2 Å². The molecule has 5 nitrogen and oxygen atoms in total. The standard InChI is InChI=1S/C19H23BN2O3/c1-13-12-21-11-10-16(13)17(23)22-15-8-6-14(7-9-15)20-24-18(2,3)19(4,5)25-20/h6-12H,1-5H3,(H,22,23). The van der Waals surface area contributed by atoms with Crippen molar-refractivity contribution in [2.24, 2.45) is 0 Å². The molecular formula is C19H23BN2O3. The quantitative estimate of drug-likeness (QED) is 0.874. The Labute approximate surface area is 148 Å². The minimum atomic E-state index is -0.405. The molecule has 0 spiro atoms. The zero-order valence-corrected chi connectivity index (χ0v) is 15.3. The summed E-state index contributed by atoms with van der Waals surface area (Å²) in [6.07, 6.45) is 3.29. The van der Waals surface area contributed by atoms with Crippen LogP contribution < -0.4 is 10.8 Å². The first-order valence-electron chi connectivity index (χ1n) is 8.37. The van der Waals surface area contributed by atoms with Crippen LogP contribution in [0.5, 0.6) is 0 Å². The Morgan fingerprint density at radius 3 is 2.20 bits per heavy atom. The van der Waals surface area contributed by atoms with Crippen LogP contribution in [0.15, 0.2) is 42.7 Å². The van der Waals surface area contributed by atoms with Crippen LogP contribution in [0.1, 0.15) is 43.6 Å². The fourth-order valence-corrected chi connectivity index (χ4v) is 2.63. The highest BCUT2D eigenvalue weighted by Gasteiger charge is 2.51. The van der Waals surface area contributed by atoms with E-state index in [0.29, 0.717) is 5.56 Å². The maximum atomic E-state index is 12.4. The number of carbonyl (C=O) groups is 1. The second-order valence-electron chi connectivity index (χ2n) is 7.35. The van der Waals surface area contributed by atoms with Crippen LogP contribution in [-0.2, 0) is 9.31 Å². The Kier molecular flexibility index (Phi) is 4.43. The molecule has 1 fully saturated rings. The molecule has 130 valence electrons. The minimum Gasteiger partial charge on any atom is -0.399 e. The normalized spacial score (nSPS) is 18.2. The SMILES string of the molecule is Cc1cnccc1C(=O)Nc1ccc(B2OC(C)(C)C(C)(C)O2)cc1. The van der Waals surface area contributed by atoms with Crippen LogP contribution in [0.4, 0.5) is 5.69 Å². The van der Waals surface area contributed by atoms with Gasteiger partial charge in [-0.1, -0.05) is 12.1 Å². The lowest BCUT2D eigenvalue weighted by molar-refractivity contribution is 0.00578. The molecule has 0 atom stereocenters. The van der Waals surface area contributed by atoms with E-state index in [1.165, 1.54) is 0 Å². The third-order valence-corrected chi connectivity index (χ3v) is 4.96. The van der Waals surface area contributed by atoms with Crippen molar-refractivity contribution in [3.63, 3.8) is 0 Å². The monoisotopic (exact) mass is 338 g/mol. The molecule has 0 bridgehead atoms. The molecule has 1 aliphatic rings. The van der Waals surface area contributed by atoms with Crippen LogP contribution in [0.2, 0.25) is 0 Å². The Morgan fingerprint density at radius 2 is 1.64 bits per heavy atom. The molecule has 1 aromatic heterocycles. The van der Waals surface area contributed by atoms with Gasteiger partial charge in [-0.05, 0) is 63.8 Å². The number of anilines is 1. The number of hydrogen-bond donors (Lipinski definition) is 1. The largest absolute Gasteiger partial charge is 0.494 e. The highest BCUT2D eigenvalue weighted by atomic mass is 16.7. The van der Waals surface area contributed by atoms with Crippen molar-refractivity contribution in [3.05, 3.63) is 53.9 Å². The second kappa shape index (κ2) is 6.28. The lowest BCUT2D eigenvalue weighted by Crippen LogP contribution is -2.41. The number of nitrogens with one attached hydrogen (secondary N) is 1. The third-order valence-electron chi connectivity index (χ3n) is 4.96. The molecule has 3 rings (SSSR count). The van der Waals surface area contributed by atoms with Gasteiger partial charge in [0.05, 0.1) is 11.2 Å². The molecule has 0 aliphatic carbocycles. The van der Waals surface area contributed by atoms with Gasteiger partial charge in [-0.3, -0.25) is 9.78 Å². The van der Waals surface area contributed by atoms with Crippen LogP contribution in [0.3, 0.4) is 0 Å². The van der Waals surface area contributed by atoms with E-state index < -0.39 is 7.12 Å². The summed E-state index contributed by atoms with van der Waals surface area (Å²) in [5.41, 5.74) is 2.37. The first-order chi connectivity index (χ1) is 11.7. The van der Waals surface area contributed by atoms with E-state index in [1.807, 2.05) is 58.9 Å². The van der Waals surface area contributed by atoms with Gasteiger partial charge in [0.15, 0.2) is 0 Å². The highest BCUT2D eigenvalue weighted by molar-refractivity contribution is 6.62. The zero-order valence-electron chi connectivity index (χ0n) is 15.3. The molecule has 2 aromatic rings. The molecule has 0 radical (unpaired) electrons. The van der Waals surface area contributed by atoms with Gasteiger partial charge in [0, 0.05) is 23.6 Å². The molecule has 2 heterocycles. The summed E-state index contributed by atoms with van der Waals surface area (Å²) in [4.78, 5) is 16.4. The number of pyridine rings is 1. The summed E-state index contributed by atoms with van der Waals surface area (Å²) in [7, 11) is -0.405. The van der Waals surface area contributed by atoms with Crippen molar-refractivity contribution in [2.45, 2.75) is 45.8 Å². The lowest BCUT2D eigenvalue weighted by atomic mass is 9.79. The minimum absolute atomic E-state index is 0.150. The van der Waals surface area contributed by atoms with E-state index >= 15 is 0 Å². The van der Waals surface area contributed by atoms with Gasteiger partial charge in [-0.15, -0.1) is 0 Å². The first-order valence-corrected chi connectivity index (χ1v) is 8.37. The smallest absolute Gasteiger partial charge is 0.399 e. The zero-order chi connectivity index (χ0) is 18.2. The molecule has 1 saturated heterocycles. The highest BCUT2D eigenvalue weighted by Crippen LogP contribution is 2.36. The van der Waals surface area contributed by atoms with E-state index in [-0.39, 0.29) is 17.1 Å². The van der Waals surface area contributed by atoms with Crippen molar-refractivity contribution in [2.75, 3.05) is 5.32 Å². The Balaban J connectivity index is 1.71. The Morgan fingerprint density at radius 1 is 1.04 bits per heavy atom. The molecule has 1 amide bonds. The van der Waals surface area contributed by atoms with Crippen molar-refractivity contribution in [3.8, 4) is 0 Å². The van der Waals surface area contributed by atoms with Gasteiger partial charge in [-0.2, -0.15) is 0 Å². The van der Waals surface area contributed by atoms with Gasteiger partial charge < -0.3 is 14.6 Å². The number of amides is 1. The van der Waals surface area contributed by atoms with Crippen molar-refractivity contribution in [1.82, 2.24) is 4.98 Å². The van der Waals surface area contributed by atoms with E-state index in [9.17, 15) is 4.79 Å². The van der Waals surface area contributed by atoms with E-state index in [1.54, 1.807) is 18.5 Å². The number of aromatic nitrogens is 1. The van der Waals surface area contributed by atoms with Gasteiger partial charge >= 0.3 is 7.12 Å². The van der Waals surface area contributed by atoms with E-state index in [0.717, 1.165) is 16.7 Å². The molecule has 1 aliphatic heterocycles. The average molecular weight is 338 g/mol.